The Balaban J connectivity index is 2.14. The Bertz CT molecular complexity index is 597. The Morgan fingerprint density at radius 2 is 2.05 bits per heavy atom. The molecular formula is C15H17N3O4. The fraction of sp³-hybridized carbons (Fsp3) is 0.333. The molecule has 7 heteroatoms. The lowest BCUT2D eigenvalue weighted by molar-refractivity contribution is -0.139. The van der Waals surface area contributed by atoms with Crippen molar-refractivity contribution in [2.24, 2.45) is 0 Å². The van der Waals surface area contributed by atoms with Gasteiger partial charge in [-0.25, -0.2) is 9.80 Å². The Morgan fingerprint density at radius 1 is 1.32 bits per heavy atom. The number of esters is 1. The number of pyridine rings is 1. The highest BCUT2D eigenvalue weighted by atomic mass is 16.5. The molecule has 1 aromatic heterocycles. The van der Waals surface area contributed by atoms with Crippen LogP contribution in [0.1, 0.15) is 33.7 Å². The molecule has 1 saturated heterocycles. The molecule has 0 unspecified atom stereocenters. The van der Waals surface area contributed by atoms with Crippen LogP contribution in [0.5, 0.6) is 0 Å². The van der Waals surface area contributed by atoms with Gasteiger partial charge < -0.3 is 4.74 Å². The summed E-state index contributed by atoms with van der Waals surface area (Å²) in [5.41, 5.74) is 0.436. The van der Waals surface area contributed by atoms with Gasteiger partial charge >= 0.3 is 5.97 Å². The first-order chi connectivity index (χ1) is 10.6. The number of carbonyl (C=O) groups is 3. The minimum Gasteiger partial charge on any atom is -0.465 e. The lowest BCUT2D eigenvalue weighted by Gasteiger charge is -2.27. The van der Waals surface area contributed by atoms with Gasteiger partial charge in [-0.05, 0) is 18.6 Å². The summed E-state index contributed by atoms with van der Waals surface area (Å²) in [6.45, 7) is 4.49. The van der Waals surface area contributed by atoms with Gasteiger partial charge in [-0.15, -0.1) is 6.58 Å². The largest absolute Gasteiger partial charge is 0.465 e. The van der Waals surface area contributed by atoms with Gasteiger partial charge in [0.15, 0.2) is 0 Å². The molecule has 1 aliphatic heterocycles. The minimum absolute atomic E-state index is 0.172. The maximum absolute atomic E-state index is 12.4. The molecule has 0 atom stereocenters. The van der Waals surface area contributed by atoms with Crippen LogP contribution < -0.4 is 0 Å². The normalized spacial score (nSPS) is 13.9. The van der Waals surface area contributed by atoms with E-state index in [-0.39, 0.29) is 29.5 Å². The number of methoxy groups -OCH3 is 1. The van der Waals surface area contributed by atoms with E-state index in [0.29, 0.717) is 13.1 Å². The molecule has 0 aliphatic carbocycles. The van der Waals surface area contributed by atoms with Gasteiger partial charge in [-0.2, -0.15) is 0 Å². The second-order valence-electron chi connectivity index (χ2n) is 4.72. The summed E-state index contributed by atoms with van der Waals surface area (Å²) >= 11 is 0. The van der Waals surface area contributed by atoms with Crippen molar-refractivity contribution < 1.29 is 19.1 Å². The van der Waals surface area contributed by atoms with Crippen LogP contribution in [-0.4, -0.2) is 53.0 Å². The zero-order chi connectivity index (χ0) is 16.1. The average Bonchev–Trinajstić information content (AvgIpc) is 3.03. The van der Waals surface area contributed by atoms with E-state index in [0.717, 1.165) is 6.42 Å². The second kappa shape index (κ2) is 6.84. The molecular weight excluding hydrogens is 286 g/mol. The van der Waals surface area contributed by atoms with E-state index < -0.39 is 5.97 Å². The van der Waals surface area contributed by atoms with Crippen LogP contribution in [0.3, 0.4) is 0 Å². The number of rotatable bonds is 4. The molecule has 0 spiro atoms. The zero-order valence-corrected chi connectivity index (χ0v) is 12.3. The number of nitrogens with zero attached hydrogens (tertiary/aromatic N) is 3. The molecule has 0 saturated carbocycles. The molecule has 1 fully saturated rings. The van der Waals surface area contributed by atoms with Gasteiger partial charge in [0.05, 0.1) is 12.7 Å². The van der Waals surface area contributed by atoms with Crippen LogP contribution in [0, 0.1) is 0 Å². The van der Waals surface area contributed by atoms with E-state index in [1.165, 1.54) is 41.5 Å². The van der Waals surface area contributed by atoms with E-state index in [4.69, 9.17) is 0 Å². The fourth-order valence-corrected chi connectivity index (χ4v) is 2.20. The highest BCUT2D eigenvalue weighted by Gasteiger charge is 2.31. The Hall–Kier alpha value is -2.70. The third-order valence-electron chi connectivity index (χ3n) is 3.28. The molecule has 2 heterocycles. The number of ether oxygens (including phenoxy) is 1. The number of hydrazine groups is 1. The molecule has 0 bridgehead atoms. The van der Waals surface area contributed by atoms with Crippen molar-refractivity contribution >= 4 is 17.8 Å². The maximum Gasteiger partial charge on any atom is 0.339 e. The predicted octanol–water partition coefficient (Wildman–Crippen LogP) is 1.03. The van der Waals surface area contributed by atoms with E-state index in [1.807, 2.05) is 0 Å². The quantitative estimate of drug-likeness (QED) is 0.613. The van der Waals surface area contributed by atoms with Crippen LogP contribution >= 0.6 is 0 Å². The van der Waals surface area contributed by atoms with Crippen molar-refractivity contribution in [1.82, 2.24) is 15.0 Å². The van der Waals surface area contributed by atoms with Gasteiger partial charge in [-0.1, -0.05) is 6.08 Å². The van der Waals surface area contributed by atoms with Crippen LogP contribution in [0.2, 0.25) is 0 Å². The van der Waals surface area contributed by atoms with Gasteiger partial charge in [0.25, 0.3) is 5.91 Å². The average molecular weight is 303 g/mol. The van der Waals surface area contributed by atoms with Gasteiger partial charge in [0.2, 0.25) is 5.91 Å². The lowest BCUT2D eigenvalue weighted by atomic mass is 10.2. The smallest absolute Gasteiger partial charge is 0.339 e. The number of aromatic nitrogens is 1. The number of hydrogen-bond acceptors (Lipinski definition) is 5. The minimum atomic E-state index is -0.518. The first-order valence-electron chi connectivity index (χ1n) is 6.86. The third kappa shape index (κ3) is 3.13. The summed E-state index contributed by atoms with van der Waals surface area (Å²) in [4.78, 5) is 39.7. The number of carbonyl (C=O) groups excluding carboxylic acids is 3. The molecule has 1 aromatic rings. The molecule has 0 N–H and O–H groups in total. The van der Waals surface area contributed by atoms with Crippen LogP contribution in [-0.2, 0) is 9.53 Å². The Labute approximate surface area is 128 Å². The first kappa shape index (κ1) is 15.7. The van der Waals surface area contributed by atoms with Crippen molar-refractivity contribution in [2.45, 2.75) is 12.8 Å². The van der Waals surface area contributed by atoms with Gasteiger partial charge in [0, 0.05) is 25.7 Å². The topological polar surface area (TPSA) is 79.8 Å². The summed E-state index contributed by atoms with van der Waals surface area (Å²) < 4.78 is 4.58. The van der Waals surface area contributed by atoms with E-state index in [2.05, 4.69) is 16.3 Å². The molecule has 2 amide bonds. The molecule has 116 valence electrons. The summed E-state index contributed by atoms with van der Waals surface area (Å²) in [6.07, 6.45) is 3.69. The summed E-state index contributed by atoms with van der Waals surface area (Å²) in [6, 6.07) is 2.92. The molecule has 0 aromatic carbocycles. The summed E-state index contributed by atoms with van der Waals surface area (Å²) in [7, 11) is 1.27. The third-order valence-corrected chi connectivity index (χ3v) is 3.28. The van der Waals surface area contributed by atoms with Crippen LogP contribution in [0.15, 0.2) is 31.0 Å². The zero-order valence-electron chi connectivity index (χ0n) is 12.3. The Kier molecular flexibility index (Phi) is 4.88. The Morgan fingerprint density at radius 3 is 2.64 bits per heavy atom. The van der Waals surface area contributed by atoms with E-state index in [1.54, 1.807) is 0 Å². The summed E-state index contributed by atoms with van der Waals surface area (Å²) in [5, 5.41) is 2.80. The fourth-order valence-electron chi connectivity index (χ4n) is 2.20. The van der Waals surface area contributed by atoms with Crippen molar-refractivity contribution in [3.63, 3.8) is 0 Å². The predicted molar refractivity (Wildman–Crippen MR) is 77.8 cm³/mol. The molecule has 0 radical (unpaired) electrons. The molecule has 1 aliphatic rings. The van der Waals surface area contributed by atoms with Crippen molar-refractivity contribution in [3.05, 3.63) is 42.2 Å². The summed E-state index contributed by atoms with van der Waals surface area (Å²) in [5.74, 6) is -1.06. The number of hydrogen-bond donors (Lipinski definition) is 0. The standard InChI is InChI=1S/C15H17N3O4/c1-3-5-13(19)17-8-4-9-18(17)14(20)12-7-6-11(10-16-12)15(21)22-2/h3,6-7,10H,1,4-5,8-9H2,2H3. The molecule has 2 rings (SSSR count). The highest BCUT2D eigenvalue weighted by Crippen LogP contribution is 2.16. The second-order valence-corrected chi connectivity index (χ2v) is 4.72. The van der Waals surface area contributed by atoms with Crippen LogP contribution in [0.25, 0.3) is 0 Å². The number of amides is 2. The monoisotopic (exact) mass is 303 g/mol. The van der Waals surface area contributed by atoms with E-state index in [9.17, 15) is 14.4 Å². The SMILES string of the molecule is C=CCC(=O)N1CCCN1C(=O)c1ccc(C(=O)OC)cn1. The van der Waals surface area contributed by atoms with E-state index >= 15 is 0 Å². The van der Waals surface area contributed by atoms with Crippen molar-refractivity contribution in [1.29, 1.82) is 0 Å². The molecule has 22 heavy (non-hydrogen) atoms. The lowest BCUT2D eigenvalue weighted by Crippen LogP contribution is -2.44. The van der Waals surface area contributed by atoms with Gasteiger partial charge in [-0.3, -0.25) is 19.6 Å². The van der Waals surface area contributed by atoms with Crippen molar-refractivity contribution in [2.75, 3.05) is 20.2 Å². The molecule has 7 nitrogen and oxygen atoms in total. The van der Waals surface area contributed by atoms with Crippen LogP contribution in [0.4, 0.5) is 0 Å². The highest BCUT2D eigenvalue weighted by molar-refractivity contribution is 5.95. The first-order valence-corrected chi connectivity index (χ1v) is 6.86. The van der Waals surface area contributed by atoms with Crippen molar-refractivity contribution in [3.8, 4) is 0 Å². The maximum atomic E-state index is 12.4. The van der Waals surface area contributed by atoms with Gasteiger partial charge in [0.1, 0.15) is 5.69 Å².